The van der Waals surface area contributed by atoms with E-state index >= 15 is 0 Å². The summed E-state index contributed by atoms with van der Waals surface area (Å²) in [4.78, 5) is 24.5. The normalized spacial score (nSPS) is 14.3. The predicted molar refractivity (Wildman–Crippen MR) is 71.2 cm³/mol. The van der Waals surface area contributed by atoms with Crippen molar-refractivity contribution < 1.29 is 14.7 Å². The molecule has 1 unspecified atom stereocenters. The fourth-order valence-corrected chi connectivity index (χ4v) is 1.95. The van der Waals surface area contributed by atoms with Gasteiger partial charge in [0.1, 0.15) is 0 Å². The molecular weight excluding hydrogens is 232 g/mol. The van der Waals surface area contributed by atoms with Crippen LogP contribution in [0.2, 0.25) is 0 Å². The third-order valence-corrected chi connectivity index (χ3v) is 2.93. The Morgan fingerprint density at radius 3 is 2.33 bits per heavy atom. The zero-order valence-electron chi connectivity index (χ0n) is 11.9. The number of aliphatic carboxylic acids is 1. The highest BCUT2D eigenvalue weighted by atomic mass is 16.4. The zero-order valence-corrected chi connectivity index (χ0v) is 11.9. The summed E-state index contributed by atoms with van der Waals surface area (Å²) in [6, 6.07) is 0.0334. The molecule has 0 rings (SSSR count). The molecule has 18 heavy (non-hydrogen) atoms. The van der Waals surface area contributed by atoms with Gasteiger partial charge in [-0.3, -0.25) is 9.59 Å². The number of hydrogen-bond acceptors (Lipinski definition) is 3. The van der Waals surface area contributed by atoms with Gasteiger partial charge in [0, 0.05) is 19.0 Å². The topological polar surface area (TPSA) is 83.6 Å². The largest absolute Gasteiger partial charge is 0.481 e. The molecule has 0 saturated heterocycles. The first-order valence-corrected chi connectivity index (χ1v) is 6.54. The maximum atomic E-state index is 12.3. The van der Waals surface area contributed by atoms with E-state index in [0.29, 0.717) is 19.4 Å². The molecule has 3 N–H and O–H groups in total. The van der Waals surface area contributed by atoms with Crippen LogP contribution in [-0.2, 0) is 9.59 Å². The van der Waals surface area contributed by atoms with Crippen molar-refractivity contribution in [3.63, 3.8) is 0 Å². The van der Waals surface area contributed by atoms with Gasteiger partial charge >= 0.3 is 5.97 Å². The fourth-order valence-electron chi connectivity index (χ4n) is 1.95. The van der Waals surface area contributed by atoms with Gasteiger partial charge in [-0.25, -0.2) is 0 Å². The molecular formula is C13H26N2O3. The Balaban J connectivity index is 4.59. The number of amides is 1. The van der Waals surface area contributed by atoms with Gasteiger partial charge in [-0.15, -0.1) is 0 Å². The first-order chi connectivity index (χ1) is 8.22. The second-order valence-corrected chi connectivity index (χ2v) is 5.26. The molecule has 0 heterocycles. The highest BCUT2D eigenvalue weighted by molar-refractivity contribution is 5.85. The number of rotatable bonds is 8. The third kappa shape index (κ3) is 5.49. The molecule has 5 nitrogen and oxygen atoms in total. The van der Waals surface area contributed by atoms with E-state index in [2.05, 4.69) is 0 Å². The quantitative estimate of drug-likeness (QED) is 0.692. The summed E-state index contributed by atoms with van der Waals surface area (Å²) < 4.78 is 0. The number of nitrogens with zero attached hydrogens (tertiary/aromatic N) is 1. The lowest BCUT2D eigenvalue weighted by atomic mass is 9.95. The summed E-state index contributed by atoms with van der Waals surface area (Å²) in [6.07, 6.45) is 2.01. The van der Waals surface area contributed by atoms with Crippen molar-refractivity contribution in [2.45, 2.75) is 65.0 Å². The van der Waals surface area contributed by atoms with Crippen molar-refractivity contribution in [1.82, 2.24) is 4.90 Å². The molecule has 0 aliphatic rings. The Bertz CT molecular complexity index is 288. The van der Waals surface area contributed by atoms with Gasteiger partial charge < -0.3 is 15.7 Å². The monoisotopic (exact) mass is 258 g/mol. The molecule has 0 bridgehead atoms. The zero-order chi connectivity index (χ0) is 14.3. The van der Waals surface area contributed by atoms with Crippen LogP contribution in [0, 0.1) is 0 Å². The highest BCUT2D eigenvalue weighted by Crippen LogP contribution is 2.15. The van der Waals surface area contributed by atoms with Crippen molar-refractivity contribution in [2.75, 3.05) is 6.54 Å². The van der Waals surface area contributed by atoms with Crippen LogP contribution in [0.25, 0.3) is 0 Å². The smallest absolute Gasteiger partial charge is 0.303 e. The minimum atomic E-state index is -0.859. The Hall–Kier alpha value is -1.10. The standard InChI is InChI=1S/C13H26N2O3/c1-5-8-13(4,14)12(18)15(10(2)3)9-6-7-11(16)17/h10H,5-9,14H2,1-4H3,(H,16,17). The van der Waals surface area contributed by atoms with Crippen LogP contribution < -0.4 is 5.73 Å². The highest BCUT2D eigenvalue weighted by Gasteiger charge is 2.32. The van der Waals surface area contributed by atoms with E-state index in [1.54, 1.807) is 11.8 Å². The molecule has 0 aromatic carbocycles. The van der Waals surface area contributed by atoms with Crippen molar-refractivity contribution in [2.24, 2.45) is 5.73 Å². The van der Waals surface area contributed by atoms with Crippen LogP contribution in [0.3, 0.4) is 0 Å². The Kier molecular flexibility index (Phi) is 6.91. The molecule has 1 amide bonds. The van der Waals surface area contributed by atoms with E-state index in [-0.39, 0.29) is 18.4 Å². The van der Waals surface area contributed by atoms with Gasteiger partial charge in [0.15, 0.2) is 0 Å². The minimum Gasteiger partial charge on any atom is -0.481 e. The van der Waals surface area contributed by atoms with E-state index in [9.17, 15) is 9.59 Å². The second kappa shape index (κ2) is 7.36. The maximum Gasteiger partial charge on any atom is 0.303 e. The molecule has 106 valence electrons. The van der Waals surface area contributed by atoms with Crippen molar-refractivity contribution >= 4 is 11.9 Å². The van der Waals surface area contributed by atoms with E-state index in [1.807, 2.05) is 20.8 Å². The summed E-state index contributed by atoms with van der Waals surface area (Å²) >= 11 is 0. The van der Waals surface area contributed by atoms with Crippen LogP contribution >= 0.6 is 0 Å². The molecule has 0 aromatic rings. The Morgan fingerprint density at radius 1 is 1.39 bits per heavy atom. The lowest BCUT2D eigenvalue weighted by Crippen LogP contribution is -2.55. The average Bonchev–Trinajstić information content (AvgIpc) is 2.22. The fraction of sp³-hybridized carbons (Fsp3) is 0.846. The Morgan fingerprint density at radius 2 is 1.94 bits per heavy atom. The first kappa shape index (κ1) is 16.9. The van der Waals surface area contributed by atoms with Crippen LogP contribution in [0.4, 0.5) is 0 Å². The number of nitrogens with two attached hydrogens (primary N) is 1. The van der Waals surface area contributed by atoms with E-state index in [1.165, 1.54) is 0 Å². The minimum absolute atomic E-state index is 0.0334. The molecule has 0 radical (unpaired) electrons. The van der Waals surface area contributed by atoms with Gasteiger partial charge in [-0.2, -0.15) is 0 Å². The molecule has 0 fully saturated rings. The lowest BCUT2D eigenvalue weighted by Gasteiger charge is -2.34. The van der Waals surface area contributed by atoms with Gasteiger partial charge in [-0.1, -0.05) is 13.3 Å². The van der Waals surface area contributed by atoms with Crippen LogP contribution in [-0.4, -0.2) is 40.0 Å². The second-order valence-electron chi connectivity index (χ2n) is 5.26. The van der Waals surface area contributed by atoms with Gasteiger partial charge in [0.25, 0.3) is 0 Å². The summed E-state index contributed by atoms with van der Waals surface area (Å²) in [5, 5.41) is 8.62. The van der Waals surface area contributed by atoms with E-state index in [4.69, 9.17) is 10.8 Å². The summed E-state index contributed by atoms with van der Waals surface area (Å²) in [5.41, 5.74) is 5.17. The molecule has 0 aliphatic heterocycles. The molecule has 0 spiro atoms. The van der Waals surface area contributed by atoms with Crippen LogP contribution in [0.15, 0.2) is 0 Å². The predicted octanol–water partition coefficient (Wildman–Crippen LogP) is 1.61. The van der Waals surface area contributed by atoms with Crippen molar-refractivity contribution in [1.29, 1.82) is 0 Å². The number of hydrogen-bond donors (Lipinski definition) is 2. The van der Waals surface area contributed by atoms with Gasteiger partial charge in [0.05, 0.1) is 5.54 Å². The lowest BCUT2D eigenvalue weighted by molar-refractivity contribution is -0.140. The number of carboxylic acids is 1. The van der Waals surface area contributed by atoms with Crippen molar-refractivity contribution in [3.05, 3.63) is 0 Å². The van der Waals surface area contributed by atoms with Crippen LogP contribution in [0.1, 0.15) is 53.4 Å². The maximum absolute atomic E-state index is 12.3. The molecule has 5 heteroatoms. The average molecular weight is 258 g/mol. The van der Waals surface area contributed by atoms with E-state index in [0.717, 1.165) is 6.42 Å². The molecule has 1 atom stereocenters. The summed E-state index contributed by atoms with van der Waals surface area (Å²) in [5.74, 6) is -0.931. The number of carbonyl (C=O) groups is 2. The van der Waals surface area contributed by atoms with Gasteiger partial charge in [0.2, 0.25) is 5.91 Å². The SMILES string of the molecule is CCCC(C)(N)C(=O)N(CCCC(=O)O)C(C)C. The summed E-state index contributed by atoms with van der Waals surface area (Å²) in [6.45, 7) is 8.01. The Labute approximate surface area is 109 Å². The van der Waals surface area contributed by atoms with E-state index < -0.39 is 11.5 Å². The summed E-state index contributed by atoms with van der Waals surface area (Å²) in [7, 11) is 0. The van der Waals surface area contributed by atoms with Crippen molar-refractivity contribution in [3.8, 4) is 0 Å². The number of carbonyl (C=O) groups excluding carboxylic acids is 1. The number of carboxylic acid groups (broad SMARTS) is 1. The van der Waals surface area contributed by atoms with Crippen LogP contribution in [0.5, 0.6) is 0 Å². The van der Waals surface area contributed by atoms with Gasteiger partial charge in [-0.05, 0) is 33.6 Å². The molecule has 0 aromatic heterocycles. The molecule has 0 aliphatic carbocycles. The first-order valence-electron chi connectivity index (χ1n) is 6.54. The molecule has 0 saturated carbocycles. The third-order valence-electron chi connectivity index (χ3n) is 2.93.